The highest BCUT2D eigenvalue weighted by molar-refractivity contribution is 7.14. The minimum atomic E-state index is -0.482. The minimum Gasteiger partial charge on any atom is -0.495 e. The standard InChI is InChI=1S/C26H18Cl2N2O4S/c1-32-23-5-3-2-4-21(23)29-26-30-22(14-35-26)19-10-15-7-9-18(12-24(15)34-25(19)31)33-13-16-6-8-17(27)11-20(16)28/h2-12,14H,13H2,1H3,(H,29,30). The van der Waals surface area contributed by atoms with Crippen molar-refractivity contribution in [2.75, 3.05) is 12.4 Å². The van der Waals surface area contributed by atoms with E-state index < -0.39 is 5.63 Å². The second-order valence-electron chi connectivity index (χ2n) is 7.53. The van der Waals surface area contributed by atoms with Gasteiger partial charge in [-0.25, -0.2) is 9.78 Å². The maximum absolute atomic E-state index is 12.8. The first-order chi connectivity index (χ1) is 17.0. The normalized spacial score (nSPS) is 10.9. The minimum absolute atomic E-state index is 0.255. The van der Waals surface area contributed by atoms with Gasteiger partial charge in [0, 0.05) is 32.4 Å². The van der Waals surface area contributed by atoms with Gasteiger partial charge in [-0.3, -0.25) is 0 Å². The van der Waals surface area contributed by atoms with Crippen molar-refractivity contribution in [1.29, 1.82) is 0 Å². The predicted molar refractivity (Wildman–Crippen MR) is 141 cm³/mol. The molecule has 0 aliphatic heterocycles. The number of nitrogens with zero attached hydrogens (tertiary/aromatic N) is 1. The van der Waals surface area contributed by atoms with Crippen molar-refractivity contribution in [1.82, 2.24) is 4.98 Å². The van der Waals surface area contributed by atoms with Crippen LogP contribution in [0.3, 0.4) is 0 Å². The number of rotatable bonds is 7. The van der Waals surface area contributed by atoms with Gasteiger partial charge in [0.1, 0.15) is 23.7 Å². The Kier molecular flexibility index (Phi) is 6.63. The fraction of sp³-hybridized carbons (Fsp3) is 0.0769. The average Bonchev–Trinajstić information content (AvgIpc) is 3.31. The number of hydrogen-bond acceptors (Lipinski definition) is 7. The molecule has 3 aromatic carbocycles. The first-order valence-corrected chi connectivity index (χ1v) is 12.1. The summed E-state index contributed by atoms with van der Waals surface area (Å²) in [5.41, 5.74) is 2.43. The average molecular weight is 525 g/mol. The van der Waals surface area contributed by atoms with E-state index in [2.05, 4.69) is 10.3 Å². The molecule has 176 valence electrons. The quantitative estimate of drug-likeness (QED) is 0.221. The van der Waals surface area contributed by atoms with E-state index >= 15 is 0 Å². The molecule has 0 bridgehead atoms. The van der Waals surface area contributed by atoms with Gasteiger partial charge in [-0.05, 0) is 42.5 Å². The maximum Gasteiger partial charge on any atom is 0.345 e. The lowest BCUT2D eigenvalue weighted by atomic mass is 10.1. The Morgan fingerprint density at radius 1 is 1.06 bits per heavy atom. The molecule has 5 aromatic rings. The van der Waals surface area contributed by atoms with Gasteiger partial charge in [0.05, 0.1) is 24.1 Å². The summed E-state index contributed by atoms with van der Waals surface area (Å²) in [6, 6.07) is 19.9. The number of para-hydroxylation sites is 2. The summed E-state index contributed by atoms with van der Waals surface area (Å²) in [4.78, 5) is 17.3. The van der Waals surface area contributed by atoms with E-state index in [1.165, 1.54) is 11.3 Å². The molecular weight excluding hydrogens is 507 g/mol. The summed E-state index contributed by atoms with van der Waals surface area (Å²) in [7, 11) is 1.61. The van der Waals surface area contributed by atoms with Crippen LogP contribution in [0.4, 0.5) is 10.8 Å². The summed E-state index contributed by atoms with van der Waals surface area (Å²) >= 11 is 13.5. The Morgan fingerprint density at radius 2 is 1.91 bits per heavy atom. The highest BCUT2D eigenvalue weighted by Gasteiger charge is 2.13. The topological polar surface area (TPSA) is 73.6 Å². The molecule has 1 N–H and O–H groups in total. The van der Waals surface area contributed by atoms with Crippen molar-refractivity contribution >= 4 is 56.3 Å². The van der Waals surface area contributed by atoms with Crippen LogP contribution in [0, 0.1) is 0 Å². The number of fused-ring (bicyclic) bond motifs is 1. The summed E-state index contributed by atoms with van der Waals surface area (Å²) in [5.74, 6) is 1.25. The zero-order valence-electron chi connectivity index (χ0n) is 18.4. The molecule has 6 nitrogen and oxygen atoms in total. The van der Waals surface area contributed by atoms with E-state index in [1.807, 2.05) is 47.8 Å². The zero-order chi connectivity index (χ0) is 24.4. The van der Waals surface area contributed by atoms with Crippen LogP contribution in [-0.4, -0.2) is 12.1 Å². The van der Waals surface area contributed by atoms with Crippen molar-refractivity contribution in [2.24, 2.45) is 0 Å². The van der Waals surface area contributed by atoms with Crippen LogP contribution in [0.1, 0.15) is 5.56 Å². The molecule has 0 spiro atoms. The third-order valence-electron chi connectivity index (χ3n) is 5.25. The molecule has 0 radical (unpaired) electrons. The van der Waals surface area contributed by atoms with Gasteiger partial charge in [-0.2, -0.15) is 0 Å². The second kappa shape index (κ2) is 10.00. The van der Waals surface area contributed by atoms with Crippen molar-refractivity contribution in [3.8, 4) is 22.8 Å². The Morgan fingerprint density at radius 3 is 2.74 bits per heavy atom. The maximum atomic E-state index is 12.8. The number of aromatic nitrogens is 1. The largest absolute Gasteiger partial charge is 0.495 e. The smallest absolute Gasteiger partial charge is 0.345 e. The summed E-state index contributed by atoms with van der Waals surface area (Å²) in [5, 5.41) is 7.51. The Bertz CT molecular complexity index is 1580. The fourth-order valence-electron chi connectivity index (χ4n) is 3.48. The molecule has 2 aromatic heterocycles. The number of thiazole rings is 1. The molecule has 0 fully saturated rings. The van der Waals surface area contributed by atoms with Crippen molar-refractivity contribution in [2.45, 2.75) is 6.61 Å². The van der Waals surface area contributed by atoms with Gasteiger partial charge in [0.15, 0.2) is 5.13 Å². The molecule has 0 saturated heterocycles. The number of methoxy groups -OCH3 is 1. The summed E-state index contributed by atoms with van der Waals surface area (Å²) in [6.45, 7) is 0.255. The van der Waals surface area contributed by atoms with Crippen LogP contribution < -0.4 is 20.4 Å². The predicted octanol–water partition coefficient (Wildman–Crippen LogP) is 7.55. The number of benzene rings is 3. The summed E-state index contributed by atoms with van der Waals surface area (Å²) in [6.07, 6.45) is 0. The Hall–Kier alpha value is -3.52. The molecule has 0 atom stereocenters. The van der Waals surface area contributed by atoms with E-state index in [9.17, 15) is 4.79 Å². The molecular formula is C26H18Cl2N2O4S. The van der Waals surface area contributed by atoms with Crippen LogP contribution >= 0.6 is 34.5 Å². The highest BCUT2D eigenvalue weighted by atomic mass is 35.5. The molecule has 35 heavy (non-hydrogen) atoms. The lowest BCUT2D eigenvalue weighted by molar-refractivity contribution is 0.306. The van der Waals surface area contributed by atoms with E-state index in [-0.39, 0.29) is 6.61 Å². The number of halogens is 2. The van der Waals surface area contributed by atoms with Crippen LogP contribution in [0.2, 0.25) is 10.0 Å². The Balaban J connectivity index is 1.36. The van der Waals surface area contributed by atoms with Gasteiger partial charge in [0.2, 0.25) is 0 Å². The van der Waals surface area contributed by atoms with Gasteiger partial charge < -0.3 is 19.2 Å². The number of hydrogen-bond donors (Lipinski definition) is 1. The molecule has 0 aliphatic carbocycles. The van der Waals surface area contributed by atoms with Crippen molar-refractivity contribution in [3.63, 3.8) is 0 Å². The third-order valence-corrected chi connectivity index (χ3v) is 6.59. The number of anilines is 2. The van der Waals surface area contributed by atoms with Gasteiger partial charge in [-0.15, -0.1) is 11.3 Å². The van der Waals surface area contributed by atoms with E-state index in [0.717, 1.165) is 16.6 Å². The van der Waals surface area contributed by atoms with Crippen LogP contribution in [0.15, 0.2) is 81.3 Å². The molecule has 0 amide bonds. The number of ether oxygens (including phenoxy) is 2. The third kappa shape index (κ3) is 5.12. The van der Waals surface area contributed by atoms with Crippen molar-refractivity contribution in [3.05, 3.63) is 98.1 Å². The van der Waals surface area contributed by atoms with Gasteiger partial charge >= 0.3 is 5.63 Å². The summed E-state index contributed by atoms with van der Waals surface area (Å²) < 4.78 is 16.8. The zero-order valence-corrected chi connectivity index (χ0v) is 20.7. The van der Waals surface area contributed by atoms with Crippen LogP contribution in [0.25, 0.3) is 22.2 Å². The lowest BCUT2D eigenvalue weighted by Gasteiger charge is -2.09. The van der Waals surface area contributed by atoms with Crippen LogP contribution in [-0.2, 0) is 6.61 Å². The molecule has 0 saturated carbocycles. The van der Waals surface area contributed by atoms with Gasteiger partial charge in [-0.1, -0.05) is 41.4 Å². The highest BCUT2D eigenvalue weighted by Crippen LogP contribution is 2.32. The molecule has 0 aliphatic rings. The SMILES string of the molecule is COc1ccccc1Nc1nc(-c2cc3ccc(OCc4ccc(Cl)cc4Cl)cc3oc2=O)cs1. The monoisotopic (exact) mass is 524 g/mol. The second-order valence-corrected chi connectivity index (χ2v) is 9.24. The molecule has 0 unspecified atom stereocenters. The first-order valence-electron chi connectivity index (χ1n) is 10.5. The van der Waals surface area contributed by atoms with E-state index in [1.54, 1.807) is 31.4 Å². The van der Waals surface area contributed by atoms with Gasteiger partial charge in [0.25, 0.3) is 0 Å². The Labute approximate surface area is 214 Å². The molecule has 2 heterocycles. The molecule has 9 heteroatoms. The van der Waals surface area contributed by atoms with Crippen LogP contribution in [0.5, 0.6) is 11.5 Å². The number of nitrogens with one attached hydrogen (secondary N) is 1. The fourth-order valence-corrected chi connectivity index (χ4v) is 4.66. The van der Waals surface area contributed by atoms with E-state index in [4.69, 9.17) is 37.1 Å². The lowest BCUT2D eigenvalue weighted by Crippen LogP contribution is -2.03. The first kappa shape index (κ1) is 23.2. The molecule has 5 rings (SSSR count). The van der Waals surface area contributed by atoms with E-state index in [0.29, 0.717) is 43.5 Å². The van der Waals surface area contributed by atoms with Crippen molar-refractivity contribution < 1.29 is 13.9 Å².